The second kappa shape index (κ2) is 5.84. The standard InChI is InChI=1S/C14H19N3O2/c1-10-6-7-12(19-10)11-9-14(18)16-13(15-11)5-4-8-17(2)3/h6-7,9H,4-5,8H2,1-3H3,(H,15,16,18). The van der Waals surface area contributed by atoms with E-state index in [9.17, 15) is 4.79 Å². The molecule has 0 spiro atoms. The van der Waals surface area contributed by atoms with Crippen molar-refractivity contribution in [3.8, 4) is 11.5 Å². The zero-order valence-corrected chi connectivity index (χ0v) is 11.6. The summed E-state index contributed by atoms with van der Waals surface area (Å²) in [7, 11) is 4.05. The quantitative estimate of drug-likeness (QED) is 0.892. The summed E-state index contributed by atoms with van der Waals surface area (Å²) in [5.41, 5.74) is 0.454. The van der Waals surface area contributed by atoms with Gasteiger partial charge >= 0.3 is 0 Å². The van der Waals surface area contributed by atoms with Crippen molar-refractivity contribution in [2.75, 3.05) is 20.6 Å². The lowest BCUT2D eigenvalue weighted by atomic mass is 10.2. The molecule has 1 N–H and O–H groups in total. The molecule has 0 aromatic carbocycles. The highest BCUT2D eigenvalue weighted by molar-refractivity contribution is 5.51. The number of hydrogen-bond acceptors (Lipinski definition) is 4. The van der Waals surface area contributed by atoms with Crippen molar-refractivity contribution in [1.29, 1.82) is 0 Å². The van der Waals surface area contributed by atoms with Crippen LogP contribution >= 0.6 is 0 Å². The molecule has 0 aliphatic carbocycles. The molecule has 0 radical (unpaired) electrons. The number of aromatic amines is 1. The molecular weight excluding hydrogens is 242 g/mol. The van der Waals surface area contributed by atoms with Crippen LogP contribution in [0.3, 0.4) is 0 Å². The Hall–Kier alpha value is -1.88. The third kappa shape index (κ3) is 3.79. The van der Waals surface area contributed by atoms with Gasteiger partial charge in [-0.2, -0.15) is 0 Å². The average molecular weight is 261 g/mol. The van der Waals surface area contributed by atoms with Crippen LogP contribution in [-0.2, 0) is 6.42 Å². The molecule has 5 nitrogen and oxygen atoms in total. The fraction of sp³-hybridized carbons (Fsp3) is 0.429. The third-order valence-corrected chi connectivity index (χ3v) is 2.80. The Labute approximate surface area is 112 Å². The van der Waals surface area contributed by atoms with Gasteiger partial charge in [-0.25, -0.2) is 4.98 Å². The Balaban J connectivity index is 2.18. The molecule has 0 unspecified atom stereocenters. The first kappa shape index (κ1) is 13.5. The smallest absolute Gasteiger partial charge is 0.251 e. The van der Waals surface area contributed by atoms with E-state index in [1.165, 1.54) is 6.07 Å². The molecule has 2 heterocycles. The molecule has 2 aromatic heterocycles. The highest BCUT2D eigenvalue weighted by atomic mass is 16.3. The van der Waals surface area contributed by atoms with Crippen molar-refractivity contribution in [2.24, 2.45) is 0 Å². The topological polar surface area (TPSA) is 62.1 Å². The van der Waals surface area contributed by atoms with Gasteiger partial charge in [-0.3, -0.25) is 4.79 Å². The minimum absolute atomic E-state index is 0.140. The van der Waals surface area contributed by atoms with Crippen molar-refractivity contribution < 1.29 is 4.42 Å². The molecule has 0 bridgehead atoms. The number of nitrogens with one attached hydrogen (secondary N) is 1. The number of hydrogen-bond donors (Lipinski definition) is 1. The number of aromatic nitrogens is 2. The van der Waals surface area contributed by atoms with Crippen LogP contribution in [0.4, 0.5) is 0 Å². The highest BCUT2D eigenvalue weighted by Crippen LogP contribution is 2.18. The SMILES string of the molecule is Cc1ccc(-c2cc(=O)[nH]c(CCCN(C)C)n2)o1. The fourth-order valence-corrected chi connectivity index (χ4v) is 1.89. The predicted molar refractivity (Wildman–Crippen MR) is 74.2 cm³/mol. The van der Waals surface area contributed by atoms with Crippen molar-refractivity contribution in [2.45, 2.75) is 19.8 Å². The van der Waals surface area contributed by atoms with Crippen LogP contribution < -0.4 is 5.56 Å². The van der Waals surface area contributed by atoms with Gasteiger partial charge in [0.1, 0.15) is 17.3 Å². The van der Waals surface area contributed by atoms with Crippen LogP contribution in [0.2, 0.25) is 0 Å². The van der Waals surface area contributed by atoms with Crippen molar-refractivity contribution >= 4 is 0 Å². The first-order valence-electron chi connectivity index (χ1n) is 6.36. The van der Waals surface area contributed by atoms with Crippen molar-refractivity contribution in [3.05, 3.63) is 40.1 Å². The lowest BCUT2D eigenvalue weighted by Crippen LogP contribution is -2.16. The van der Waals surface area contributed by atoms with Crippen LogP contribution in [0.1, 0.15) is 18.0 Å². The number of furan rings is 1. The van der Waals surface area contributed by atoms with Gasteiger partial charge in [0.15, 0.2) is 5.76 Å². The predicted octanol–water partition coefficient (Wildman–Crippen LogP) is 1.83. The minimum Gasteiger partial charge on any atom is -0.460 e. The van der Waals surface area contributed by atoms with E-state index < -0.39 is 0 Å². The fourth-order valence-electron chi connectivity index (χ4n) is 1.89. The molecule has 102 valence electrons. The maximum absolute atomic E-state index is 11.6. The van der Waals surface area contributed by atoms with Crippen LogP contribution in [-0.4, -0.2) is 35.5 Å². The molecule has 0 aliphatic heterocycles. The summed E-state index contributed by atoms with van der Waals surface area (Å²) < 4.78 is 5.50. The van der Waals surface area contributed by atoms with Gasteiger partial charge in [0, 0.05) is 12.5 Å². The summed E-state index contributed by atoms with van der Waals surface area (Å²) in [6, 6.07) is 5.17. The van der Waals surface area contributed by atoms with Gasteiger partial charge in [0.25, 0.3) is 5.56 Å². The van der Waals surface area contributed by atoms with E-state index in [1.54, 1.807) is 0 Å². The lowest BCUT2D eigenvalue weighted by Gasteiger charge is -2.08. The first-order chi connectivity index (χ1) is 9.04. The van der Waals surface area contributed by atoms with Crippen LogP contribution in [0.15, 0.2) is 27.4 Å². The number of nitrogens with zero attached hydrogens (tertiary/aromatic N) is 2. The Morgan fingerprint density at radius 1 is 1.37 bits per heavy atom. The summed E-state index contributed by atoms with van der Waals surface area (Å²) in [5.74, 6) is 2.15. The average Bonchev–Trinajstić information content (AvgIpc) is 2.75. The van der Waals surface area contributed by atoms with E-state index in [0.717, 1.165) is 25.1 Å². The molecular formula is C14H19N3O2. The summed E-state index contributed by atoms with van der Waals surface area (Å²) in [4.78, 5) is 21.0. The van der Waals surface area contributed by atoms with Crippen LogP contribution in [0, 0.1) is 6.92 Å². The minimum atomic E-state index is -0.140. The van der Waals surface area contributed by atoms with Gasteiger partial charge in [-0.05, 0) is 46.1 Å². The molecule has 0 saturated heterocycles. The van der Waals surface area contributed by atoms with Crippen LogP contribution in [0.5, 0.6) is 0 Å². The molecule has 19 heavy (non-hydrogen) atoms. The molecule has 5 heteroatoms. The van der Waals surface area contributed by atoms with Crippen molar-refractivity contribution in [1.82, 2.24) is 14.9 Å². The number of rotatable bonds is 5. The Kier molecular flexibility index (Phi) is 4.16. The van der Waals surface area contributed by atoms with Gasteiger partial charge in [-0.15, -0.1) is 0 Å². The van der Waals surface area contributed by atoms with Crippen LogP contribution in [0.25, 0.3) is 11.5 Å². The zero-order valence-electron chi connectivity index (χ0n) is 11.6. The van der Waals surface area contributed by atoms with E-state index in [2.05, 4.69) is 14.9 Å². The lowest BCUT2D eigenvalue weighted by molar-refractivity contribution is 0.398. The maximum Gasteiger partial charge on any atom is 0.251 e. The van der Waals surface area contributed by atoms with E-state index in [1.807, 2.05) is 33.2 Å². The van der Waals surface area contributed by atoms with E-state index in [-0.39, 0.29) is 5.56 Å². The van der Waals surface area contributed by atoms with Gasteiger partial charge < -0.3 is 14.3 Å². The molecule has 0 saturated carbocycles. The van der Waals surface area contributed by atoms with E-state index in [4.69, 9.17) is 4.42 Å². The van der Waals surface area contributed by atoms with Crippen molar-refractivity contribution in [3.63, 3.8) is 0 Å². The second-order valence-electron chi connectivity index (χ2n) is 4.89. The molecule has 0 atom stereocenters. The van der Waals surface area contributed by atoms with Gasteiger partial charge in [0.05, 0.1) is 0 Å². The number of H-pyrrole nitrogens is 1. The summed E-state index contributed by atoms with van der Waals surface area (Å²) >= 11 is 0. The highest BCUT2D eigenvalue weighted by Gasteiger charge is 2.07. The molecule has 2 rings (SSSR count). The van der Waals surface area contributed by atoms with Gasteiger partial charge in [0.2, 0.25) is 0 Å². The monoisotopic (exact) mass is 261 g/mol. The Bertz CT molecular complexity index is 599. The summed E-state index contributed by atoms with van der Waals surface area (Å²) in [5, 5.41) is 0. The maximum atomic E-state index is 11.6. The molecule has 0 amide bonds. The largest absolute Gasteiger partial charge is 0.460 e. The first-order valence-corrected chi connectivity index (χ1v) is 6.36. The normalized spacial score (nSPS) is 11.2. The molecule has 0 fully saturated rings. The third-order valence-electron chi connectivity index (χ3n) is 2.80. The Morgan fingerprint density at radius 3 is 2.79 bits per heavy atom. The van der Waals surface area contributed by atoms with Gasteiger partial charge in [-0.1, -0.05) is 0 Å². The molecule has 0 aliphatic rings. The second-order valence-corrected chi connectivity index (χ2v) is 4.89. The Morgan fingerprint density at radius 2 is 2.16 bits per heavy atom. The van der Waals surface area contributed by atoms with E-state index >= 15 is 0 Å². The zero-order chi connectivity index (χ0) is 13.8. The molecule has 2 aromatic rings. The summed E-state index contributed by atoms with van der Waals surface area (Å²) in [6.07, 6.45) is 1.71. The summed E-state index contributed by atoms with van der Waals surface area (Å²) in [6.45, 7) is 2.84. The number of aryl methyl sites for hydroxylation is 2. The van der Waals surface area contributed by atoms with E-state index in [0.29, 0.717) is 17.3 Å².